The summed E-state index contributed by atoms with van der Waals surface area (Å²) in [7, 11) is 4.05. The first-order valence-electron chi connectivity index (χ1n) is 21.1. The summed E-state index contributed by atoms with van der Waals surface area (Å²) < 4.78 is 12.1. The summed E-state index contributed by atoms with van der Waals surface area (Å²) in [5, 5.41) is 0. The number of esters is 2. The first-order chi connectivity index (χ1) is 23.6. The Morgan fingerprint density at radius 1 is 0.745 bits per heavy atom. The molecule has 0 amide bonds. The summed E-state index contributed by atoms with van der Waals surface area (Å²) in [6.45, 7) is 27.5. The number of hydrogen-bond acceptors (Lipinski definition) is 6. The molecule has 0 aliphatic rings. The molecule has 0 aromatic carbocycles. The van der Waals surface area contributed by atoms with E-state index in [9.17, 15) is 9.59 Å². The van der Waals surface area contributed by atoms with Gasteiger partial charge in [0.1, 0.15) is 12.7 Å². The molecule has 0 aromatic rings. The van der Waals surface area contributed by atoms with Gasteiger partial charge in [-0.1, -0.05) is 125 Å². The third kappa shape index (κ3) is 25.3. The number of allylic oxidation sites excluding steroid dienone is 1. The highest BCUT2D eigenvalue weighted by atomic mass is 16.5. The zero-order valence-corrected chi connectivity index (χ0v) is 36.5. The van der Waals surface area contributed by atoms with E-state index in [4.69, 9.17) is 15.2 Å². The average molecular weight is 721 g/mol. The molecule has 0 aromatic heterocycles. The van der Waals surface area contributed by atoms with E-state index in [1.54, 1.807) is 0 Å². The molecule has 6 unspecified atom stereocenters. The minimum absolute atomic E-state index is 0.127. The Balaban J connectivity index is 5.26. The van der Waals surface area contributed by atoms with Gasteiger partial charge in [-0.05, 0) is 116 Å². The Bertz CT molecular complexity index is 952. The zero-order valence-electron chi connectivity index (χ0n) is 36.5. The Labute approximate surface area is 318 Å². The molecule has 6 nitrogen and oxygen atoms in total. The molecular formula is C45H88N2O4. The molecule has 51 heavy (non-hydrogen) atoms. The summed E-state index contributed by atoms with van der Waals surface area (Å²) >= 11 is 0. The number of carbonyl (C=O) groups is 2. The van der Waals surface area contributed by atoms with Crippen LogP contribution in [0.2, 0.25) is 0 Å². The first-order valence-corrected chi connectivity index (χ1v) is 21.1. The van der Waals surface area contributed by atoms with Crippen molar-refractivity contribution in [3.8, 4) is 0 Å². The maximum Gasteiger partial charge on any atom is 0.311 e. The highest BCUT2D eigenvalue weighted by Crippen LogP contribution is 2.43. The largest absolute Gasteiger partial charge is 0.462 e. The smallest absolute Gasteiger partial charge is 0.311 e. The second-order valence-electron chi connectivity index (χ2n) is 19.2. The van der Waals surface area contributed by atoms with E-state index < -0.39 is 5.41 Å². The van der Waals surface area contributed by atoms with Crippen molar-refractivity contribution in [2.24, 2.45) is 46.2 Å². The van der Waals surface area contributed by atoms with Crippen LogP contribution in [0.25, 0.3) is 0 Å². The Hall–Kier alpha value is -1.40. The van der Waals surface area contributed by atoms with Crippen LogP contribution < -0.4 is 5.73 Å². The number of nitrogens with two attached hydrogens (primary N) is 1. The summed E-state index contributed by atoms with van der Waals surface area (Å²) in [4.78, 5) is 28.7. The van der Waals surface area contributed by atoms with E-state index in [1.807, 2.05) is 47.9 Å². The molecule has 6 heteroatoms. The lowest BCUT2D eigenvalue weighted by Crippen LogP contribution is -2.42. The highest BCUT2D eigenvalue weighted by molar-refractivity contribution is 5.76. The lowest BCUT2D eigenvalue weighted by Gasteiger charge is -2.41. The van der Waals surface area contributed by atoms with Gasteiger partial charge in [-0.25, -0.2) is 0 Å². The molecule has 0 saturated heterocycles. The molecule has 0 fully saturated rings. The molecule has 302 valence electrons. The Morgan fingerprint density at radius 2 is 1.25 bits per heavy atom. The summed E-state index contributed by atoms with van der Waals surface area (Å²) in [6.07, 6.45) is 21.0. The van der Waals surface area contributed by atoms with Gasteiger partial charge in [-0.3, -0.25) is 9.59 Å². The van der Waals surface area contributed by atoms with Crippen molar-refractivity contribution in [3.05, 3.63) is 12.2 Å². The van der Waals surface area contributed by atoms with Gasteiger partial charge in [-0.15, -0.1) is 0 Å². The van der Waals surface area contributed by atoms with E-state index in [-0.39, 0.29) is 35.6 Å². The Morgan fingerprint density at radius 3 is 1.73 bits per heavy atom. The van der Waals surface area contributed by atoms with Crippen LogP contribution in [-0.4, -0.2) is 55.7 Å². The maximum atomic E-state index is 13.4. The van der Waals surface area contributed by atoms with Gasteiger partial charge in [0.15, 0.2) is 0 Å². The lowest BCUT2D eigenvalue weighted by molar-refractivity contribution is -0.163. The fourth-order valence-electron chi connectivity index (χ4n) is 7.73. The van der Waals surface area contributed by atoms with E-state index >= 15 is 0 Å². The van der Waals surface area contributed by atoms with Gasteiger partial charge in [0.2, 0.25) is 0 Å². The maximum absolute atomic E-state index is 13.4. The van der Waals surface area contributed by atoms with E-state index in [2.05, 4.69) is 66.4 Å². The minimum Gasteiger partial charge on any atom is -0.462 e. The molecule has 0 aliphatic carbocycles. The molecule has 2 N–H and O–H groups in total. The molecule has 0 radical (unpaired) electrons. The SMILES string of the molecule is CCC(C)(CC(C)(C)C(=O)OCC=CC(C)CC(C)(C)N)C(CCC(C)CCCC(C)CCCC(C)CCCC(C)C)OC(=O)CCCN(C)C. The van der Waals surface area contributed by atoms with Gasteiger partial charge in [0.25, 0.3) is 0 Å². The highest BCUT2D eigenvalue weighted by Gasteiger charge is 2.43. The van der Waals surface area contributed by atoms with Crippen LogP contribution in [0.4, 0.5) is 0 Å². The molecular weight excluding hydrogens is 633 g/mol. The second-order valence-corrected chi connectivity index (χ2v) is 19.2. The van der Waals surface area contributed by atoms with Crippen molar-refractivity contribution in [3.63, 3.8) is 0 Å². The van der Waals surface area contributed by atoms with Crippen molar-refractivity contribution < 1.29 is 19.1 Å². The van der Waals surface area contributed by atoms with Crippen molar-refractivity contribution in [2.45, 2.75) is 197 Å². The van der Waals surface area contributed by atoms with Gasteiger partial charge in [0, 0.05) is 17.4 Å². The number of nitrogens with zero attached hydrogens (tertiary/aromatic N) is 1. The lowest BCUT2D eigenvalue weighted by atomic mass is 9.68. The predicted molar refractivity (Wildman–Crippen MR) is 220 cm³/mol. The van der Waals surface area contributed by atoms with Crippen molar-refractivity contribution in [1.29, 1.82) is 0 Å². The quantitative estimate of drug-likeness (QED) is 0.0587. The van der Waals surface area contributed by atoms with Crippen molar-refractivity contribution in [1.82, 2.24) is 4.90 Å². The van der Waals surface area contributed by atoms with Crippen molar-refractivity contribution in [2.75, 3.05) is 27.2 Å². The Kier molecular flexibility index (Phi) is 24.9. The van der Waals surface area contributed by atoms with Crippen LogP contribution in [0, 0.1) is 40.4 Å². The third-order valence-corrected chi connectivity index (χ3v) is 11.1. The normalized spacial score (nSPS) is 17.0. The third-order valence-electron chi connectivity index (χ3n) is 11.1. The van der Waals surface area contributed by atoms with Crippen LogP contribution in [0.1, 0.15) is 186 Å². The number of rotatable bonds is 30. The number of hydrogen-bond donors (Lipinski definition) is 1. The van der Waals surface area contributed by atoms with Gasteiger partial charge < -0.3 is 20.1 Å². The summed E-state index contributed by atoms with van der Waals surface area (Å²) in [5.74, 6) is 2.98. The molecule has 0 heterocycles. The topological polar surface area (TPSA) is 81.9 Å². The van der Waals surface area contributed by atoms with E-state index in [0.717, 1.165) is 56.4 Å². The van der Waals surface area contributed by atoms with Crippen LogP contribution in [0.5, 0.6) is 0 Å². The molecule has 0 aliphatic heterocycles. The monoisotopic (exact) mass is 721 g/mol. The van der Waals surface area contributed by atoms with Gasteiger partial charge in [-0.2, -0.15) is 0 Å². The molecule has 6 atom stereocenters. The first kappa shape index (κ1) is 49.6. The summed E-state index contributed by atoms with van der Waals surface area (Å²) in [6, 6.07) is 0. The molecule has 0 bridgehead atoms. The minimum atomic E-state index is -0.716. The van der Waals surface area contributed by atoms with E-state index in [1.165, 1.54) is 57.8 Å². The fraction of sp³-hybridized carbons (Fsp3) is 0.911. The van der Waals surface area contributed by atoms with Crippen LogP contribution >= 0.6 is 0 Å². The van der Waals surface area contributed by atoms with Crippen molar-refractivity contribution >= 4 is 11.9 Å². The molecule has 0 rings (SSSR count). The fourth-order valence-corrected chi connectivity index (χ4v) is 7.73. The predicted octanol–water partition coefficient (Wildman–Crippen LogP) is 11.8. The number of carbonyl (C=O) groups excluding carboxylic acids is 2. The van der Waals surface area contributed by atoms with Crippen LogP contribution in [0.3, 0.4) is 0 Å². The molecule has 0 saturated carbocycles. The standard InChI is InChI=1S/C45H88N2O4/c1-15-45(12,34-43(8,9)42(49)50-32-20-27-39(7)33-44(10,11)46)40(51-41(48)28-19-31-47(13)14)30-29-38(6)26-18-25-37(5)24-17-23-36(4)22-16-21-35(2)3/h20,27,35-40H,15-19,21-26,28-34,46H2,1-14H3. The van der Waals surface area contributed by atoms with E-state index in [0.29, 0.717) is 24.7 Å². The second kappa shape index (κ2) is 25.6. The summed E-state index contributed by atoms with van der Waals surface area (Å²) in [5.41, 5.74) is 4.86. The number of ether oxygens (including phenoxy) is 2. The van der Waals surface area contributed by atoms with Gasteiger partial charge in [0.05, 0.1) is 5.41 Å². The molecule has 0 spiro atoms. The average Bonchev–Trinajstić information content (AvgIpc) is 2.99. The van der Waals surface area contributed by atoms with Crippen LogP contribution in [-0.2, 0) is 19.1 Å². The van der Waals surface area contributed by atoms with Crippen LogP contribution in [0.15, 0.2) is 12.2 Å². The zero-order chi connectivity index (χ0) is 39.3. The van der Waals surface area contributed by atoms with Gasteiger partial charge >= 0.3 is 11.9 Å².